The summed E-state index contributed by atoms with van der Waals surface area (Å²) in [5.74, 6) is 1.16. The molecule has 0 bridgehead atoms. The molecule has 4 nitrogen and oxygen atoms in total. The molecule has 0 spiro atoms. The van der Waals surface area contributed by atoms with Crippen LogP contribution in [-0.4, -0.2) is 39.8 Å². The first kappa shape index (κ1) is 14.7. The molecule has 4 N–H and O–H groups in total. The number of aliphatic hydroxyl groups is 1. The molecular weight excluding hydrogens is 214 g/mol. The summed E-state index contributed by atoms with van der Waals surface area (Å²) in [4.78, 5) is 10.7. The van der Waals surface area contributed by atoms with E-state index < -0.39 is 11.5 Å². The monoisotopic (exact) mass is 235 g/mol. The third-order valence-electron chi connectivity index (χ3n) is 2.19. The zero-order valence-corrected chi connectivity index (χ0v) is 10.2. The highest BCUT2D eigenvalue weighted by Gasteiger charge is 2.26. The van der Waals surface area contributed by atoms with Gasteiger partial charge < -0.3 is 15.9 Å². The number of hydrogen-bond donors (Lipinski definition) is 3. The van der Waals surface area contributed by atoms with Gasteiger partial charge in [-0.3, -0.25) is 4.79 Å². The average molecular weight is 235 g/mol. The Morgan fingerprint density at radius 3 is 2.67 bits per heavy atom. The Morgan fingerprint density at radius 2 is 2.20 bits per heavy atom. The Kier molecular flexibility index (Phi) is 6.96. The van der Waals surface area contributed by atoms with E-state index in [1.54, 1.807) is 11.8 Å². The summed E-state index contributed by atoms with van der Waals surface area (Å²) in [6.45, 7) is 3.73. The molecule has 15 heavy (non-hydrogen) atoms. The van der Waals surface area contributed by atoms with E-state index in [1.165, 1.54) is 6.92 Å². The molecule has 0 aromatic carbocycles. The lowest BCUT2D eigenvalue weighted by atomic mass is 9.98. The van der Waals surface area contributed by atoms with Crippen LogP contribution in [0.1, 0.15) is 26.7 Å². The fraction of sp³-hybridized carbons (Fsp3) is 0.900. The summed E-state index contributed by atoms with van der Waals surface area (Å²) in [6, 6.07) is 0. The standard InChI is InChI=1S/C10H21NO3S/c1-8(6-12)7-15-5-3-4-10(2,11)9(13)14/h8,12H,3-7,11H2,1-2H3,(H,13,14). The van der Waals surface area contributed by atoms with E-state index in [9.17, 15) is 4.79 Å². The number of carbonyl (C=O) groups is 1. The summed E-state index contributed by atoms with van der Waals surface area (Å²) in [5, 5.41) is 17.5. The van der Waals surface area contributed by atoms with Crippen molar-refractivity contribution in [2.45, 2.75) is 32.2 Å². The van der Waals surface area contributed by atoms with Gasteiger partial charge >= 0.3 is 5.97 Å². The molecule has 0 saturated carbocycles. The molecule has 0 aromatic heterocycles. The molecule has 0 radical (unpaired) electrons. The smallest absolute Gasteiger partial charge is 0.323 e. The lowest BCUT2D eigenvalue weighted by Crippen LogP contribution is -2.44. The number of rotatable bonds is 8. The highest BCUT2D eigenvalue weighted by atomic mass is 32.2. The largest absolute Gasteiger partial charge is 0.480 e. The van der Waals surface area contributed by atoms with E-state index in [4.69, 9.17) is 15.9 Å². The number of aliphatic hydroxyl groups excluding tert-OH is 1. The van der Waals surface area contributed by atoms with Gasteiger partial charge in [-0.2, -0.15) is 11.8 Å². The molecular formula is C10H21NO3S. The molecule has 0 rings (SSSR count). The minimum atomic E-state index is -1.11. The van der Waals surface area contributed by atoms with Crippen LogP contribution in [0.4, 0.5) is 0 Å². The Labute approximate surface area is 95.2 Å². The fourth-order valence-electron chi connectivity index (χ4n) is 0.986. The van der Waals surface area contributed by atoms with Crippen LogP contribution in [-0.2, 0) is 4.79 Å². The van der Waals surface area contributed by atoms with Crippen LogP contribution in [0.15, 0.2) is 0 Å². The molecule has 0 aliphatic carbocycles. The highest BCUT2D eigenvalue weighted by Crippen LogP contribution is 2.14. The van der Waals surface area contributed by atoms with Gasteiger partial charge in [-0.25, -0.2) is 0 Å². The van der Waals surface area contributed by atoms with E-state index in [2.05, 4.69) is 0 Å². The number of hydrogen-bond acceptors (Lipinski definition) is 4. The third-order valence-corrected chi connectivity index (χ3v) is 3.57. The minimum Gasteiger partial charge on any atom is -0.480 e. The highest BCUT2D eigenvalue weighted by molar-refractivity contribution is 7.99. The second-order valence-corrected chi connectivity index (χ2v) is 5.34. The predicted molar refractivity (Wildman–Crippen MR) is 63.0 cm³/mol. The molecule has 5 heteroatoms. The Morgan fingerprint density at radius 1 is 1.60 bits per heavy atom. The Hall–Kier alpha value is -0.260. The van der Waals surface area contributed by atoms with E-state index in [1.807, 2.05) is 6.92 Å². The number of nitrogens with two attached hydrogens (primary N) is 1. The van der Waals surface area contributed by atoms with Crippen molar-refractivity contribution in [2.24, 2.45) is 11.7 Å². The second kappa shape index (κ2) is 7.09. The van der Waals surface area contributed by atoms with Crippen LogP contribution in [0.25, 0.3) is 0 Å². The van der Waals surface area contributed by atoms with Gasteiger partial charge in [-0.15, -0.1) is 0 Å². The molecule has 2 atom stereocenters. The minimum absolute atomic E-state index is 0.205. The van der Waals surface area contributed by atoms with Crippen molar-refractivity contribution in [2.75, 3.05) is 18.1 Å². The summed E-state index contributed by atoms with van der Waals surface area (Å²) < 4.78 is 0. The van der Waals surface area contributed by atoms with Crippen molar-refractivity contribution in [1.82, 2.24) is 0 Å². The zero-order chi connectivity index (χ0) is 11.9. The maximum absolute atomic E-state index is 10.7. The second-order valence-electron chi connectivity index (χ2n) is 4.19. The molecule has 0 aliphatic heterocycles. The third kappa shape index (κ3) is 6.76. The number of carboxylic acid groups (broad SMARTS) is 1. The molecule has 0 aromatic rings. The van der Waals surface area contributed by atoms with Crippen LogP contribution < -0.4 is 5.73 Å². The van der Waals surface area contributed by atoms with Crippen molar-refractivity contribution in [3.63, 3.8) is 0 Å². The molecule has 90 valence electrons. The lowest BCUT2D eigenvalue weighted by molar-refractivity contribution is -0.142. The van der Waals surface area contributed by atoms with Gasteiger partial charge in [-0.05, 0) is 37.2 Å². The van der Waals surface area contributed by atoms with Crippen LogP contribution >= 0.6 is 11.8 Å². The van der Waals surface area contributed by atoms with Crippen molar-refractivity contribution in [1.29, 1.82) is 0 Å². The average Bonchev–Trinajstić information content (AvgIpc) is 2.16. The summed E-state index contributed by atoms with van der Waals surface area (Å²) >= 11 is 1.73. The first-order chi connectivity index (χ1) is 6.90. The Bertz CT molecular complexity index is 197. The molecule has 0 saturated heterocycles. The van der Waals surface area contributed by atoms with Crippen LogP contribution in [0.3, 0.4) is 0 Å². The quantitative estimate of drug-likeness (QED) is 0.545. The van der Waals surface area contributed by atoms with Crippen LogP contribution in [0.5, 0.6) is 0 Å². The van der Waals surface area contributed by atoms with Crippen molar-refractivity contribution < 1.29 is 15.0 Å². The van der Waals surface area contributed by atoms with E-state index in [0.29, 0.717) is 12.3 Å². The number of aliphatic carboxylic acids is 1. The van der Waals surface area contributed by atoms with Crippen molar-refractivity contribution in [3.8, 4) is 0 Å². The van der Waals surface area contributed by atoms with Gasteiger partial charge in [0.2, 0.25) is 0 Å². The van der Waals surface area contributed by atoms with Crippen molar-refractivity contribution >= 4 is 17.7 Å². The first-order valence-corrected chi connectivity index (χ1v) is 6.26. The lowest BCUT2D eigenvalue weighted by Gasteiger charge is -2.18. The molecule has 0 amide bonds. The predicted octanol–water partition coefficient (Wildman–Crippen LogP) is 0.930. The summed E-state index contributed by atoms with van der Waals surface area (Å²) in [5.41, 5.74) is 4.47. The zero-order valence-electron chi connectivity index (χ0n) is 9.40. The molecule has 0 aliphatic rings. The molecule has 2 unspecified atom stereocenters. The maximum atomic E-state index is 10.7. The van der Waals surface area contributed by atoms with Gasteiger partial charge in [0.25, 0.3) is 0 Å². The normalized spacial score (nSPS) is 17.1. The topological polar surface area (TPSA) is 83.5 Å². The van der Waals surface area contributed by atoms with E-state index >= 15 is 0 Å². The van der Waals surface area contributed by atoms with E-state index in [-0.39, 0.29) is 6.61 Å². The van der Waals surface area contributed by atoms with Gasteiger partial charge in [-0.1, -0.05) is 6.92 Å². The first-order valence-electron chi connectivity index (χ1n) is 5.11. The SMILES string of the molecule is CC(CO)CSCCCC(C)(N)C(=O)O. The molecule has 0 heterocycles. The number of thioether (sulfide) groups is 1. The van der Waals surface area contributed by atoms with Gasteiger partial charge in [0, 0.05) is 6.61 Å². The fourth-order valence-corrected chi connectivity index (χ4v) is 2.01. The summed E-state index contributed by atoms with van der Waals surface area (Å²) in [7, 11) is 0. The van der Waals surface area contributed by atoms with E-state index in [0.717, 1.165) is 17.9 Å². The Balaban J connectivity index is 3.51. The maximum Gasteiger partial charge on any atom is 0.323 e. The van der Waals surface area contributed by atoms with Crippen molar-refractivity contribution in [3.05, 3.63) is 0 Å². The van der Waals surface area contributed by atoms with Gasteiger partial charge in [0.05, 0.1) is 0 Å². The van der Waals surface area contributed by atoms with Gasteiger partial charge in [0.15, 0.2) is 0 Å². The number of carboxylic acids is 1. The van der Waals surface area contributed by atoms with Crippen LogP contribution in [0, 0.1) is 5.92 Å². The van der Waals surface area contributed by atoms with Crippen LogP contribution in [0.2, 0.25) is 0 Å². The molecule has 0 fully saturated rings. The summed E-state index contributed by atoms with van der Waals surface area (Å²) in [6.07, 6.45) is 1.28. The van der Waals surface area contributed by atoms with Gasteiger partial charge in [0.1, 0.15) is 5.54 Å².